The highest BCUT2D eigenvalue weighted by atomic mass is 35.5. The Hall–Kier alpha value is -2.57. The van der Waals surface area contributed by atoms with Crippen LogP contribution in [0.1, 0.15) is 5.56 Å². The molecule has 1 saturated heterocycles. The maximum absolute atomic E-state index is 6.85. The van der Waals surface area contributed by atoms with Crippen LogP contribution in [0.15, 0.2) is 28.9 Å². The predicted octanol–water partition coefficient (Wildman–Crippen LogP) is 3.91. The molecule has 138 valence electrons. The van der Waals surface area contributed by atoms with E-state index in [1.54, 1.807) is 13.4 Å². The van der Waals surface area contributed by atoms with Gasteiger partial charge in [-0.3, -0.25) is 0 Å². The summed E-state index contributed by atoms with van der Waals surface area (Å²) in [5.74, 6) is 1.43. The lowest BCUT2D eigenvalue weighted by molar-refractivity contribution is 0.420. The van der Waals surface area contributed by atoms with Gasteiger partial charge in [-0.2, -0.15) is 0 Å². The van der Waals surface area contributed by atoms with Crippen molar-refractivity contribution in [3.8, 4) is 5.75 Å². The fraction of sp³-hybridized carbons (Fsp3) is 0.300. The number of benzene rings is 2. The van der Waals surface area contributed by atoms with E-state index in [-0.39, 0.29) is 0 Å². The van der Waals surface area contributed by atoms with Gasteiger partial charge in [0.05, 0.1) is 22.9 Å². The number of aryl methyl sites for hydroxylation is 1. The highest BCUT2D eigenvalue weighted by Crippen LogP contribution is 2.47. The molecular weight excluding hydrogens is 364 g/mol. The molecule has 7 heteroatoms. The summed E-state index contributed by atoms with van der Waals surface area (Å²) in [5, 5.41) is 6.55. The molecule has 0 bridgehead atoms. The number of piperazine rings is 1. The number of hydrogen-bond donors (Lipinski definition) is 1. The number of anilines is 1. The number of furan rings is 1. The van der Waals surface area contributed by atoms with E-state index in [2.05, 4.69) is 33.2 Å². The Balaban J connectivity index is 1.94. The Labute approximate surface area is 161 Å². The molecule has 6 nitrogen and oxygen atoms in total. The summed E-state index contributed by atoms with van der Waals surface area (Å²) in [5.41, 5.74) is 3.30. The molecule has 2 aromatic carbocycles. The van der Waals surface area contributed by atoms with Crippen LogP contribution >= 0.6 is 11.6 Å². The number of rotatable bonds is 2. The number of methoxy groups -OCH3 is 1. The molecule has 1 N–H and O–H groups in total. The number of fused-ring (bicyclic) bond motifs is 5. The first-order valence-corrected chi connectivity index (χ1v) is 9.36. The van der Waals surface area contributed by atoms with Crippen LogP contribution in [0, 0.1) is 6.92 Å². The van der Waals surface area contributed by atoms with E-state index in [0.29, 0.717) is 16.4 Å². The topological polar surface area (TPSA) is 63.4 Å². The van der Waals surface area contributed by atoms with Crippen molar-refractivity contribution in [2.24, 2.45) is 0 Å². The second kappa shape index (κ2) is 6.25. The van der Waals surface area contributed by atoms with Gasteiger partial charge in [0.1, 0.15) is 23.2 Å². The summed E-state index contributed by atoms with van der Waals surface area (Å²) < 4.78 is 12.0. The number of ether oxygens (including phenoxy) is 1. The summed E-state index contributed by atoms with van der Waals surface area (Å²) in [6.45, 7) is 5.60. The van der Waals surface area contributed by atoms with Gasteiger partial charge in [-0.05, 0) is 18.6 Å². The fourth-order valence-corrected chi connectivity index (χ4v) is 4.34. The maximum Gasteiger partial charge on any atom is 0.163 e. The molecule has 0 amide bonds. The van der Waals surface area contributed by atoms with Gasteiger partial charge >= 0.3 is 0 Å². The van der Waals surface area contributed by atoms with Gasteiger partial charge in [0.2, 0.25) is 0 Å². The molecule has 27 heavy (non-hydrogen) atoms. The van der Waals surface area contributed by atoms with Crippen LogP contribution in [0.5, 0.6) is 5.75 Å². The molecule has 2 aromatic heterocycles. The Kier molecular flexibility index (Phi) is 3.84. The molecule has 0 aliphatic carbocycles. The van der Waals surface area contributed by atoms with Crippen LogP contribution in [0.2, 0.25) is 5.02 Å². The average Bonchev–Trinajstić information content (AvgIpc) is 3.10. The molecule has 0 radical (unpaired) electrons. The molecule has 0 atom stereocenters. The molecule has 1 aliphatic rings. The Morgan fingerprint density at radius 3 is 2.74 bits per heavy atom. The van der Waals surface area contributed by atoms with E-state index >= 15 is 0 Å². The molecule has 4 aromatic rings. The van der Waals surface area contributed by atoms with Gasteiger partial charge in [0.25, 0.3) is 0 Å². The molecular formula is C20H19ClN4O2. The van der Waals surface area contributed by atoms with Gasteiger partial charge in [-0.1, -0.05) is 23.7 Å². The van der Waals surface area contributed by atoms with E-state index in [0.717, 1.165) is 64.8 Å². The van der Waals surface area contributed by atoms with Crippen LogP contribution in [0.4, 0.5) is 5.82 Å². The third kappa shape index (κ3) is 2.37. The van der Waals surface area contributed by atoms with E-state index < -0.39 is 0 Å². The third-order valence-electron chi connectivity index (χ3n) is 5.23. The highest BCUT2D eigenvalue weighted by molar-refractivity contribution is 6.42. The zero-order valence-corrected chi connectivity index (χ0v) is 15.9. The first-order valence-electron chi connectivity index (χ1n) is 8.98. The number of nitrogens with zero attached hydrogens (tertiary/aromatic N) is 3. The van der Waals surface area contributed by atoms with Gasteiger partial charge in [0, 0.05) is 31.6 Å². The smallest absolute Gasteiger partial charge is 0.163 e. The van der Waals surface area contributed by atoms with Crippen LogP contribution in [-0.4, -0.2) is 43.3 Å². The molecule has 5 rings (SSSR count). The Morgan fingerprint density at radius 2 is 1.96 bits per heavy atom. The number of aromatic nitrogens is 2. The average molecular weight is 383 g/mol. The Morgan fingerprint density at radius 1 is 1.15 bits per heavy atom. The van der Waals surface area contributed by atoms with E-state index in [1.165, 1.54) is 0 Å². The van der Waals surface area contributed by atoms with Crippen molar-refractivity contribution in [1.29, 1.82) is 0 Å². The van der Waals surface area contributed by atoms with E-state index in [4.69, 9.17) is 20.8 Å². The monoisotopic (exact) mass is 382 g/mol. The van der Waals surface area contributed by atoms with Gasteiger partial charge in [-0.15, -0.1) is 0 Å². The second-order valence-electron chi connectivity index (χ2n) is 6.76. The zero-order chi connectivity index (χ0) is 18.5. The lowest BCUT2D eigenvalue weighted by Crippen LogP contribution is -2.44. The van der Waals surface area contributed by atoms with Crippen LogP contribution in [-0.2, 0) is 0 Å². The van der Waals surface area contributed by atoms with Crippen molar-refractivity contribution in [3.63, 3.8) is 0 Å². The normalized spacial score (nSPS) is 15.1. The zero-order valence-electron chi connectivity index (χ0n) is 15.2. The molecule has 0 saturated carbocycles. The van der Waals surface area contributed by atoms with Crippen molar-refractivity contribution >= 4 is 50.3 Å². The number of halogens is 1. The first kappa shape index (κ1) is 16.6. The van der Waals surface area contributed by atoms with Crippen molar-refractivity contribution in [2.45, 2.75) is 6.92 Å². The summed E-state index contributed by atoms with van der Waals surface area (Å²) in [7, 11) is 1.64. The van der Waals surface area contributed by atoms with Gasteiger partial charge in [-0.25, -0.2) is 9.97 Å². The summed E-state index contributed by atoms with van der Waals surface area (Å²) >= 11 is 6.85. The predicted molar refractivity (Wildman–Crippen MR) is 108 cm³/mol. The minimum absolute atomic E-state index is 0.541. The van der Waals surface area contributed by atoms with Crippen LogP contribution in [0.25, 0.3) is 32.8 Å². The molecule has 3 heterocycles. The van der Waals surface area contributed by atoms with E-state index in [9.17, 15) is 0 Å². The maximum atomic E-state index is 6.85. The molecule has 0 unspecified atom stereocenters. The largest absolute Gasteiger partial charge is 0.494 e. The van der Waals surface area contributed by atoms with Gasteiger partial charge in [0.15, 0.2) is 11.3 Å². The van der Waals surface area contributed by atoms with E-state index in [1.807, 2.05) is 12.1 Å². The number of hydrogen-bond acceptors (Lipinski definition) is 6. The summed E-state index contributed by atoms with van der Waals surface area (Å²) in [4.78, 5) is 11.4. The fourth-order valence-electron chi connectivity index (χ4n) is 3.99. The first-order chi connectivity index (χ1) is 13.2. The lowest BCUT2D eigenvalue weighted by Gasteiger charge is -2.29. The minimum Gasteiger partial charge on any atom is -0.494 e. The van der Waals surface area contributed by atoms with Crippen molar-refractivity contribution in [3.05, 3.63) is 35.1 Å². The van der Waals surface area contributed by atoms with Gasteiger partial charge < -0.3 is 19.4 Å². The van der Waals surface area contributed by atoms with Crippen LogP contribution < -0.4 is 15.0 Å². The second-order valence-corrected chi connectivity index (χ2v) is 7.14. The van der Waals surface area contributed by atoms with Crippen molar-refractivity contribution in [1.82, 2.24) is 15.3 Å². The number of nitrogens with one attached hydrogen (secondary N) is 1. The lowest BCUT2D eigenvalue weighted by atomic mass is 10.0. The summed E-state index contributed by atoms with van der Waals surface area (Å²) in [6.07, 6.45) is 1.59. The van der Waals surface area contributed by atoms with Crippen molar-refractivity contribution < 1.29 is 9.15 Å². The molecule has 1 fully saturated rings. The molecule has 0 spiro atoms. The summed E-state index contributed by atoms with van der Waals surface area (Å²) in [6, 6.07) is 5.99. The van der Waals surface area contributed by atoms with Crippen molar-refractivity contribution in [2.75, 3.05) is 38.2 Å². The quantitative estimate of drug-likeness (QED) is 0.567. The molecule has 1 aliphatic heterocycles. The minimum atomic E-state index is 0.541. The SMILES string of the molecule is COc1c(Cl)c2c(oc3cccc(C)c32)c2ncnc(N3CCNCC3)c12. The highest BCUT2D eigenvalue weighted by Gasteiger charge is 2.26. The standard InChI is InChI=1S/C20H19ClN4O2/c1-11-4-3-5-12-13(11)14-16(21)18(26-2)15-17(19(14)27-12)23-10-24-20(15)25-8-6-22-7-9-25/h3-5,10,22H,6-9H2,1-2H3. The van der Waals surface area contributed by atoms with Crippen LogP contribution in [0.3, 0.4) is 0 Å². The third-order valence-corrected chi connectivity index (χ3v) is 5.59. The Bertz CT molecular complexity index is 1180.